The van der Waals surface area contributed by atoms with Gasteiger partial charge in [0.05, 0.1) is 6.61 Å². The van der Waals surface area contributed by atoms with Gasteiger partial charge in [0.1, 0.15) is 5.54 Å². The van der Waals surface area contributed by atoms with Crippen molar-refractivity contribution in [2.45, 2.75) is 24.7 Å². The summed E-state index contributed by atoms with van der Waals surface area (Å²) in [6.07, 6.45) is 0.626. The molecule has 1 saturated heterocycles. The van der Waals surface area contributed by atoms with E-state index in [9.17, 15) is 18.3 Å². The highest BCUT2D eigenvalue weighted by molar-refractivity contribution is 7.87. The van der Waals surface area contributed by atoms with Gasteiger partial charge in [-0.2, -0.15) is 17.4 Å². The van der Waals surface area contributed by atoms with Crippen molar-refractivity contribution >= 4 is 23.3 Å². The first-order valence-electron chi connectivity index (χ1n) is 6.87. The van der Waals surface area contributed by atoms with Crippen LogP contribution in [0.25, 0.3) is 0 Å². The number of nitrogens with one attached hydrogen (secondary N) is 1. The van der Waals surface area contributed by atoms with E-state index in [4.69, 9.17) is 20.9 Å². The summed E-state index contributed by atoms with van der Waals surface area (Å²) in [5.74, 6) is -1.95. The first-order chi connectivity index (χ1) is 10.1. The summed E-state index contributed by atoms with van der Waals surface area (Å²) in [7, 11) is -5.42. The van der Waals surface area contributed by atoms with E-state index in [0.29, 0.717) is 6.42 Å². The van der Waals surface area contributed by atoms with Crippen LogP contribution in [-0.2, 0) is 15.0 Å². The van der Waals surface area contributed by atoms with Crippen molar-refractivity contribution in [1.82, 2.24) is 9.03 Å². The fourth-order valence-electron chi connectivity index (χ4n) is 2.48. The minimum atomic E-state index is -3.92. The number of aliphatic hydroxyl groups excluding tert-OH is 1. The van der Waals surface area contributed by atoms with Crippen LogP contribution in [0.3, 0.4) is 0 Å². The van der Waals surface area contributed by atoms with Crippen molar-refractivity contribution in [1.29, 1.82) is 0 Å². The Labute approximate surface area is 129 Å². The molecular weight excluding hydrogens is 317 g/mol. The lowest BCUT2D eigenvalue weighted by molar-refractivity contribution is -0.144. The minimum absolute atomic E-state index is 0.0573. The maximum atomic E-state index is 12.0. The van der Waals surface area contributed by atoms with Gasteiger partial charge in [0.2, 0.25) is 0 Å². The molecule has 1 heterocycles. The summed E-state index contributed by atoms with van der Waals surface area (Å²) in [6.45, 7) is -1.01. The third kappa shape index (κ3) is 4.62. The molecule has 1 aliphatic heterocycles. The van der Waals surface area contributed by atoms with Gasteiger partial charge in [0.25, 0.3) is 10.2 Å². The highest BCUT2D eigenvalue weighted by Gasteiger charge is 2.52. The Morgan fingerprint density at radius 2 is 2.09 bits per heavy atom. The Morgan fingerprint density at radius 1 is 1.45 bits per heavy atom. The molecule has 10 nitrogen and oxygen atoms in total. The summed E-state index contributed by atoms with van der Waals surface area (Å²) in [4.78, 5) is 11.4. The van der Waals surface area contributed by atoms with Gasteiger partial charge < -0.3 is 26.0 Å². The van der Waals surface area contributed by atoms with Gasteiger partial charge in [-0.3, -0.25) is 4.79 Å². The number of rotatable bonds is 9. The molecular formula is C10H22BN3O7S. The van der Waals surface area contributed by atoms with E-state index in [1.54, 1.807) is 0 Å². The van der Waals surface area contributed by atoms with Gasteiger partial charge >= 0.3 is 13.1 Å². The lowest BCUT2D eigenvalue weighted by Gasteiger charge is -2.25. The van der Waals surface area contributed by atoms with Crippen LogP contribution in [0.2, 0.25) is 6.32 Å². The maximum Gasteiger partial charge on any atom is 0.451 e. The Hall–Kier alpha value is -0.755. The molecule has 12 heteroatoms. The number of nitrogens with zero attached hydrogens (tertiary/aromatic N) is 1. The smallest absolute Gasteiger partial charge is 0.451 e. The molecule has 0 aliphatic carbocycles. The molecule has 1 rings (SSSR count). The minimum Gasteiger partial charge on any atom is -0.480 e. The molecule has 0 bridgehead atoms. The lowest BCUT2D eigenvalue weighted by Crippen LogP contribution is -2.55. The van der Waals surface area contributed by atoms with Gasteiger partial charge in [-0.15, -0.1) is 0 Å². The first-order valence-corrected chi connectivity index (χ1v) is 8.31. The Bertz CT molecular complexity index is 489. The van der Waals surface area contributed by atoms with Crippen molar-refractivity contribution in [3.63, 3.8) is 0 Å². The molecule has 22 heavy (non-hydrogen) atoms. The summed E-state index contributed by atoms with van der Waals surface area (Å²) < 4.78 is 27.1. The van der Waals surface area contributed by atoms with Crippen LogP contribution < -0.4 is 10.5 Å². The lowest BCUT2D eigenvalue weighted by atomic mass is 9.78. The third-order valence-corrected chi connectivity index (χ3v) is 5.27. The fraction of sp³-hybridized carbons (Fsp3) is 0.900. The quantitative estimate of drug-likeness (QED) is 0.238. The average molecular weight is 339 g/mol. The predicted octanol–water partition coefficient (Wildman–Crippen LogP) is -3.22. The van der Waals surface area contributed by atoms with Crippen LogP contribution >= 0.6 is 0 Å². The second kappa shape index (κ2) is 7.68. The maximum absolute atomic E-state index is 12.0. The highest BCUT2D eigenvalue weighted by Crippen LogP contribution is 2.31. The number of aliphatic hydroxyl groups is 1. The van der Waals surface area contributed by atoms with E-state index in [1.165, 1.54) is 0 Å². The fourth-order valence-corrected chi connectivity index (χ4v) is 3.77. The SMILES string of the molecule is N[C@@]1(C(=O)O)CN(S(=O)(=O)NCCO)C[C@@H]1CCCB(O)O. The molecule has 0 amide bonds. The zero-order valence-electron chi connectivity index (χ0n) is 12.1. The molecule has 0 saturated carbocycles. The number of carbonyl (C=O) groups is 1. The monoisotopic (exact) mass is 339 g/mol. The molecule has 0 aromatic heterocycles. The van der Waals surface area contributed by atoms with Gasteiger partial charge in [-0.1, -0.05) is 6.42 Å². The van der Waals surface area contributed by atoms with Crippen molar-refractivity contribution in [2.24, 2.45) is 11.7 Å². The van der Waals surface area contributed by atoms with Crippen molar-refractivity contribution in [3.05, 3.63) is 0 Å². The molecule has 0 unspecified atom stereocenters. The normalized spacial score (nSPS) is 26.3. The van der Waals surface area contributed by atoms with Crippen molar-refractivity contribution < 1.29 is 33.5 Å². The van der Waals surface area contributed by atoms with Gasteiger partial charge in [0.15, 0.2) is 0 Å². The molecule has 7 N–H and O–H groups in total. The molecule has 0 spiro atoms. The second-order valence-corrected chi connectivity index (χ2v) is 7.12. The van der Waals surface area contributed by atoms with Crippen molar-refractivity contribution in [2.75, 3.05) is 26.2 Å². The van der Waals surface area contributed by atoms with Crippen LogP contribution in [0.1, 0.15) is 12.8 Å². The molecule has 2 atom stereocenters. The summed E-state index contributed by atoms with van der Waals surface area (Å²) >= 11 is 0. The van der Waals surface area contributed by atoms with Crippen LogP contribution in [0.5, 0.6) is 0 Å². The number of nitrogens with two attached hydrogens (primary N) is 1. The van der Waals surface area contributed by atoms with Crippen LogP contribution in [0, 0.1) is 5.92 Å². The van der Waals surface area contributed by atoms with E-state index in [2.05, 4.69) is 4.72 Å². The van der Waals surface area contributed by atoms with Crippen LogP contribution in [-0.4, -0.2) is 77.9 Å². The van der Waals surface area contributed by atoms with E-state index in [1.807, 2.05) is 0 Å². The van der Waals surface area contributed by atoms with Crippen LogP contribution in [0.15, 0.2) is 0 Å². The topological polar surface area (TPSA) is 173 Å². The number of aliphatic carboxylic acids is 1. The summed E-state index contributed by atoms with van der Waals surface area (Å²) in [6, 6.07) is 0. The second-order valence-electron chi connectivity index (χ2n) is 5.37. The molecule has 0 radical (unpaired) electrons. The standard InChI is InChI=1S/C10H22BN3O7S/c12-10(9(16)17)7-14(22(20,21)13-4-5-15)6-8(10)2-1-3-11(18)19/h8,13,15,18-19H,1-7,12H2,(H,16,17)/t8-,10-/m0/s1. The summed E-state index contributed by atoms with van der Waals surface area (Å²) in [5.41, 5.74) is 4.14. The van der Waals surface area contributed by atoms with Gasteiger partial charge in [-0.25, -0.2) is 0 Å². The number of carboxylic acids is 1. The number of carboxylic acid groups (broad SMARTS) is 1. The Morgan fingerprint density at radius 3 is 2.59 bits per heavy atom. The zero-order chi connectivity index (χ0) is 17.0. The molecule has 0 aromatic carbocycles. The molecule has 1 fully saturated rings. The Kier molecular flexibility index (Phi) is 6.74. The third-order valence-electron chi connectivity index (χ3n) is 3.74. The zero-order valence-corrected chi connectivity index (χ0v) is 12.9. The van der Waals surface area contributed by atoms with E-state index >= 15 is 0 Å². The van der Waals surface area contributed by atoms with Crippen molar-refractivity contribution in [3.8, 4) is 0 Å². The number of hydrogen-bond acceptors (Lipinski definition) is 7. The van der Waals surface area contributed by atoms with E-state index in [-0.39, 0.29) is 39.0 Å². The largest absolute Gasteiger partial charge is 0.480 e. The highest BCUT2D eigenvalue weighted by atomic mass is 32.2. The van der Waals surface area contributed by atoms with Gasteiger partial charge in [-0.05, 0) is 12.7 Å². The van der Waals surface area contributed by atoms with Gasteiger partial charge in [0, 0.05) is 25.6 Å². The van der Waals surface area contributed by atoms with Crippen LogP contribution in [0.4, 0.5) is 0 Å². The first kappa shape index (κ1) is 19.3. The molecule has 0 aromatic rings. The van der Waals surface area contributed by atoms with E-state index in [0.717, 1.165) is 4.31 Å². The molecule has 128 valence electrons. The summed E-state index contributed by atoms with van der Waals surface area (Å²) in [5, 5.41) is 35.6. The Balaban J connectivity index is 2.81. The number of hydrogen-bond donors (Lipinski definition) is 6. The average Bonchev–Trinajstić information content (AvgIpc) is 2.76. The molecule has 1 aliphatic rings. The predicted molar refractivity (Wildman–Crippen MR) is 77.9 cm³/mol. The van der Waals surface area contributed by atoms with E-state index < -0.39 is 34.8 Å².